The molecular formula is C23H24O5. The molecule has 1 aliphatic rings. The zero-order valence-corrected chi connectivity index (χ0v) is 16.1. The van der Waals surface area contributed by atoms with E-state index in [4.69, 9.17) is 9.47 Å². The minimum atomic E-state index is 0.0112. The molecule has 3 rings (SSSR count). The third kappa shape index (κ3) is 4.36. The van der Waals surface area contributed by atoms with Gasteiger partial charge in [-0.25, -0.2) is 0 Å². The van der Waals surface area contributed by atoms with Crippen LogP contribution in [0.4, 0.5) is 0 Å². The van der Waals surface area contributed by atoms with Gasteiger partial charge in [0.2, 0.25) is 0 Å². The van der Waals surface area contributed by atoms with Crippen molar-refractivity contribution in [2.24, 2.45) is 0 Å². The van der Waals surface area contributed by atoms with Crippen LogP contribution < -0.4 is 9.47 Å². The molecule has 5 nitrogen and oxygen atoms in total. The molecule has 0 aliphatic heterocycles. The van der Waals surface area contributed by atoms with Crippen LogP contribution in [0.5, 0.6) is 23.0 Å². The zero-order valence-electron chi connectivity index (χ0n) is 16.1. The molecular weight excluding hydrogens is 356 g/mol. The second-order valence-electron chi connectivity index (χ2n) is 6.49. The molecule has 1 fully saturated rings. The highest BCUT2D eigenvalue weighted by molar-refractivity contribution is 6.15. The van der Waals surface area contributed by atoms with Crippen molar-refractivity contribution in [2.45, 2.75) is 26.7 Å². The fourth-order valence-corrected chi connectivity index (χ4v) is 3.16. The Hall–Kier alpha value is -3.21. The monoisotopic (exact) mass is 380 g/mol. The number of allylic oxidation sites excluding steroid dienone is 2. The maximum absolute atomic E-state index is 12.8. The molecule has 0 saturated heterocycles. The average molecular weight is 380 g/mol. The Morgan fingerprint density at radius 2 is 1.25 bits per heavy atom. The van der Waals surface area contributed by atoms with Crippen molar-refractivity contribution in [3.63, 3.8) is 0 Å². The normalized spacial score (nSPS) is 16.7. The average Bonchev–Trinajstić information content (AvgIpc) is 3.01. The van der Waals surface area contributed by atoms with Gasteiger partial charge in [-0.3, -0.25) is 4.79 Å². The van der Waals surface area contributed by atoms with Crippen molar-refractivity contribution in [3.8, 4) is 23.0 Å². The molecule has 1 saturated carbocycles. The summed E-state index contributed by atoms with van der Waals surface area (Å²) in [6.45, 7) is 4.61. The lowest BCUT2D eigenvalue weighted by Gasteiger charge is -2.07. The van der Waals surface area contributed by atoms with Gasteiger partial charge in [-0.05, 0) is 74.2 Å². The Labute approximate surface area is 164 Å². The van der Waals surface area contributed by atoms with Crippen molar-refractivity contribution in [2.75, 3.05) is 13.2 Å². The number of ether oxygens (including phenoxy) is 2. The zero-order chi connectivity index (χ0) is 20.1. The first kappa shape index (κ1) is 19.5. The van der Waals surface area contributed by atoms with E-state index in [9.17, 15) is 15.0 Å². The number of hydrogen-bond acceptors (Lipinski definition) is 5. The van der Waals surface area contributed by atoms with Crippen molar-refractivity contribution in [1.29, 1.82) is 0 Å². The summed E-state index contributed by atoms with van der Waals surface area (Å²) in [5.74, 6) is 0.993. The second-order valence-corrected chi connectivity index (χ2v) is 6.49. The van der Waals surface area contributed by atoms with Crippen LogP contribution in [0.15, 0.2) is 47.5 Å². The standard InChI is InChI=1S/C23H24O5/c1-3-27-21-13-15(5-9-19(21)24)11-17-7-8-18(23(17)26)12-16-6-10-20(25)22(14-16)28-4-2/h5-6,9-14,24-25H,3-4,7-8H2,1-2H3/b17-11-,18-12-. The number of phenols is 2. The topological polar surface area (TPSA) is 76.0 Å². The van der Waals surface area contributed by atoms with Crippen LogP contribution in [-0.4, -0.2) is 29.2 Å². The quantitative estimate of drug-likeness (QED) is 0.709. The molecule has 0 atom stereocenters. The molecule has 2 N–H and O–H groups in total. The lowest BCUT2D eigenvalue weighted by Crippen LogP contribution is -1.96. The summed E-state index contributed by atoms with van der Waals surface area (Å²) in [6, 6.07) is 10.1. The van der Waals surface area contributed by atoms with Gasteiger partial charge in [0.1, 0.15) is 0 Å². The van der Waals surface area contributed by atoms with Crippen LogP contribution in [0.3, 0.4) is 0 Å². The van der Waals surface area contributed by atoms with Crippen molar-refractivity contribution in [1.82, 2.24) is 0 Å². The van der Waals surface area contributed by atoms with Gasteiger partial charge in [0.05, 0.1) is 13.2 Å². The SMILES string of the molecule is CCOc1cc(/C=C2/CC/C(=C/c3ccc(O)c(OCC)c3)C2=O)ccc1O. The lowest BCUT2D eigenvalue weighted by atomic mass is 10.1. The molecule has 0 unspecified atom stereocenters. The molecule has 0 aromatic heterocycles. The van der Waals surface area contributed by atoms with Crippen LogP contribution in [0.2, 0.25) is 0 Å². The number of ketones is 1. The van der Waals surface area contributed by atoms with Gasteiger partial charge in [-0.15, -0.1) is 0 Å². The van der Waals surface area contributed by atoms with Gasteiger partial charge in [0.25, 0.3) is 0 Å². The molecule has 0 radical (unpaired) electrons. The van der Waals surface area contributed by atoms with Crippen LogP contribution in [0, 0.1) is 0 Å². The summed E-state index contributed by atoms with van der Waals surface area (Å²) in [4.78, 5) is 12.8. The molecule has 1 aliphatic carbocycles. The Balaban J connectivity index is 1.83. The Morgan fingerprint density at radius 3 is 1.64 bits per heavy atom. The van der Waals surface area contributed by atoms with Crippen molar-refractivity contribution in [3.05, 3.63) is 58.7 Å². The van der Waals surface area contributed by atoms with Gasteiger partial charge in [0, 0.05) is 11.1 Å². The van der Waals surface area contributed by atoms with Gasteiger partial charge in [-0.1, -0.05) is 12.1 Å². The number of benzene rings is 2. The highest BCUT2D eigenvalue weighted by Crippen LogP contribution is 2.33. The minimum Gasteiger partial charge on any atom is -0.504 e. The van der Waals surface area contributed by atoms with E-state index in [1.54, 1.807) is 36.4 Å². The third-order valence-corrected chi connectivity index (χ3v) is 4.50. The first-order valence-electron chi connectivity index (χ1n) is 9.39. The maximum Gasteiger partial charge on any atom is 0.185 e. The van der Waals surface area contributed by atoms with Gasteiger partial charge < -0.3 is 19.7 Å². The number of Topliss-reactive ketones (excluding diaryl/α,β-unsaturated/α-hetero) is 1. The fraction of sp³-hybridized carbons (Fsp3) is 0.261. The summed E-state index contributed by atoms with van der Waals surface area (Å²) >= 11 is 0. The molecule has 0 bridgehead atoms. The van der Waals surface area contributed by atoms with E-state index in [0.29, 0.717) is 37.6 Å². The van der Waals surface area contributed by atoms with Gasteiger partial charge >= 0.3 is 0 Å². The Morgan fingerprint density at radius 1 is 0.821 bits per heavy atom. The highest BCUT2D eigenvalue weighted by atomic mass is 16.5. The maximum atomic E-state index is 12.8. The van der Waals surface area contributed by atoms with Gasteiger partial charge in [-0.2, -0.15) is 0 Å². The van der Waals surface area contributed by atoms with E-state index < -0.39 is 0 Å². The number of aromatic hydroxyl groups is 2. The number of phenolic OH excluding ortho intramolecular Hbond substituents is 2. The summed E-state index contributed by atoms with van der Waals surface area (Å²) in [5.41, 5.74) is 3.08. The molecule has 5 heteroatoms. The Bertz CT molecular complexity index is 865. The molecule has 0 spiro atoms. The van der Waals surface area contributed by atoms with Crippen molar-refractivity contribution >= 4 is 17.9 Å². The van der Waals surface area contributed by atoms with Crippen LogP contribution in [0.1, 0.15) is 37.8 Å². The fourth-order valence-electron chi connectivity index (χ4n) is 3.16. The summed E-state index contributed by atoms with van der Waals surface area (Å²) in [7, 11) is 0. The molecule has 0 heterocycles. The second kappa shape index (κ2) is 8.65. The Kier molecular flexibility index (Phi) is 6.04. The highest BCUT2D eigenvalue weighted by Gasteiger charge is 2.23. The molecule has 2 aromatic carbocycles. The summed E-state index contributed by atoms with van der Waals surface area (Å²) < 4.78 is 10.8. The molecule has 2 aromatic rings. The van der Waals surface area contributed by atoms with Gasteiger partial charge in [0.15, 0.2) is 28.8 Å². The molecule has 0 amide bonds. The first-order valence-corrected chi connectivity index (χ1v) is 9.39. The minimum absolute atomic E-state index is 0.0112. The predicted molar refractivity (Wildman–Crippen MR) is 109 cm³/mol. The largest absolute Gasteiger partial charge is 0.504 e. The molecule has 28 heavy (non-hydrogen) atoms. The van der Waals surface area contributed by atoms with Crippen LogP contribution in [0.25, 0.3) is 12.2 Å². The summed E-state index contributed by atoms with van der Waals surface area (Å²) in [5, 5.41) is 19.6. The van der Waals surface area contributed by atoms with E-state index in [-0.39, 0.29) is 17.3 Å². The predicted octanol–water partition coefficient (Wildman–Crippen LogP) is 4.73. The lowest BCUT2D eigenvalue weighted by molar-refractivity contribution is -0.111. The third-order valence-electron chi connectivity index (χ3n) is 4.50. The van der Waals surface area contributed by atoms with Crippen molar-refractivity contribution < 1.29 is 24.5 Å². The van der Waals surface area contributed by atoms with E-state index in [2.05, 4.69) is 0 Å². The number of hydrogen-bond donors (Lipinski definition) is 2. The van der Waals surface area contributed by atoms with Crippen LogP contribution >= 0.6 is 0 Å². The van der Waals surface area contributed by atoms with E-state index in [1.165, 1.54) is 0 Å². The smallest absolute Gasteiger partial charge is 0.185 e. The number of rotatable bonds is 6. The summed E-state index contributed by atoms with van der Waals surface area (Å²) in [6.07, 6.45) is 5.00. The first-order chi connectivity index (χ1) is 13.5. The van der Waals surface area contributed by atoms with Crippen LogP contribution in [-0.2, 0) is 4.79 Å². The van der Waals surface area contributed by atoms with E-state index in [0.717, 1.165) is 22.3 Å². The molecule has 146 valence electrons. The number of carbonyl (C=O) groups is 1. The number of carbonyl (C=O) groups excluding carboxylic acids is 1. The van der Waals surface area contributed by atoms with E-state index >= 15 is 0 Å². The van der Waals surface area contributed by atoms with E-state index in [1.807, 2.05) is 26.0 Å².